The molecule has 2 rings (SSSR count). The average molecular weight is 437 g/mol. The van der Waals surface area contributed by atoms with E-state index < -0.39 is 0 Å². The summed E-state index contributed by atoms with van der Waals surface area (Å²) < 4.78 is 5.76. The van der Waals surface area contributed by atoms with Crippen LogP contribution in [0.1, 0.15) is 64.7 Å². The molecule has 0 aliphatic heterocycles. The minimum Gasteiger partial charge on any atom is -0.457 e. The van der Waals surface area contributed by atoms with Gasteiger partial charge in [-0.3, -0.25) is 9.59 Å². The number of rotatable bonds is 15. The van der Waals surface area contributed by atoms with E-state index in [2.05, 4.69) is 17.2 Å². The van der Waals surface area contributed by atoms with Crippen LogP contribution >= 0.6 is 0 Å². The molecule has 0 fully saturated rings. The maximum absolute atomic E-state index is 12.1. The smallest absolute Gasteiger partial charge is 0.246 e. The molecule has 0 bridgehead atoms. The lowest BCUT2D eigenvalue weighted by Crippen LogP contribution is -2.24. The molecule has 0 aromatic heterocycles. The van der Waals surface area contributed by atoms with Gasteiger partial charge in [-0.15, -0.1) is 0 Å². The van der Waals surface area contributed by atoms with E-state index >= 15 is 0 Å². The molecule has 0 aliphatic rings. The first-order valence-corrected chi connectivity index (χ1v) is 11.6. The second-order valence-electron chi connectivity index (χ2n) is 8.10. The van der Waals surface area contributed by atoms with Crippen molar-refractivity contribution >= 4 is 17.5 Å². The van der Waals surface area contributed by atoms with Gasteiger partial charge in [0.05, 0.1) is 0 Å². The predicted molar refractivity (Wildman–Crippen MR) is 131 cm³/mol. The van der Waals surface area contributed by atoms with Gasteiger partial charge in [0.2, 0.25) is 11.8 Å². The first-order chi connectivity index (χ1) is 15.5. The summed E-state index contributed by atoms with van der Waals surface area (Å²) in [5.41, 5.74) is 1.35. The fourth-order valence-electron chi connectivity index (χ4n) is 3.28. The molecule has 0 spiro atoms. The fourth-order valence-corrected chi connectivity index (χ4v) is 3.28. The number of hydrogen-bond donors (Lipinski definition) is 2. The van der Waals surface area contributed by atoms with E-state index in [4.69, 9.17) is 4.74 Å². The molecule has 0 radical (unpaired) electrons. The van der Waals surface area contributed by atoms with Crippen molar-refractivity contribution < 1.29 is 14.3 Å². The number of ether oxygens (including phenoxy) is 1. The molecule has 0 unspecified atom stereocenters. The summed E-state index contributed by atoms with van der Waals surface area (Å²) in [6.45, 7) is 6.07. The lowest BCUT2D eigenvalue weighted by Gasteiger charge is -2.08. The van der Waals surface area contributed by atoms with E-state index in [0.29, 0.717) is 12.0 Å². The van der Waals surface area contributed by atoms with Gasteiger partial charge in [-0.05, 0) is 56.2 Å². The lowest BCUT2D eigenvalue weighted by atomic mass is 10.1. The Morgan fingerprint density at radius 1 is 0.781 bits per heavy atom. The number of anilines is 1. The Morgan fingerprint density at radius 3 is 1.97 bits per heavy atom. The number of amides is 2. The average Bonchev–Trinajstić information content (AvgIpc) is 2.79. The van der Waals surface area contributed by atoms with Crippen LogP contribution < -0.4 is 15.4 Å². The van der Waals surface area contributed by atoms with Gasteiger partial charge in [0, 0.05) is 24.2 Å². The van der Waals surface area contributed by atoms with E-state index in [1.165, 1.54) is 19.3 Å². The first kappa shape index (κ1) is 25.2. The van der Waals surface area contributed by atoms with Gasteiger partial charge in [-0.2, -0.15) is 0 Å². The van der Waals surface area contributed by atoms with Crippen molar-refractivity contribution in [3.63, 3.8) is 0 Å². The highest BCUT2D eigenvalue weighted by Crippen LogP contribution is 2.22. The Labute approximate surface area is 192 Å². The van der Waals surface area contributed by atoms with Crippen LogP contribution in [0.5, 0.6) is 11.5 Å². The Bertz CT molecular complexity index is 832. The molecule has 0 heterocycles. The fraction of sp³-hybridized carbons (Fsp3) is 0.407. The third-order valence-electron chi connectivity index (χ3n) is 5.12. The van der Waals surface area contributed by atoms with Gasteiger partial charge >= 0.3 is 0 Å². The summed E-state index contributed by atoms with van der Waals surface area (Å²) in [4.78, 5) is 23.5. The molecule has 0 aliphatic carbocycles. The van der Waals surface area contributed by atoms with E-state index in [9.17, 15) is 9.59 Å². The molecule has 5 nitrogen and oxygen atoms in total. The van der Waals surface area contributed by atoms with Crippen molar-refractivity contribution in [2.45, 2.75) is 64.7 Å². The third kappa shape index (κ3) is 10.8. The number of carbonyl (C=O) groups is 2. The summed E-state index contributed by atoms with van der Waals surface area (Å²) in [6.07, 6.45) is 9.43. The van der Waals surface area contributed by atoms with E-state index in [-0.39, 0.29) is 11.8 Å². The summed E-state index contributed by atoms with van der Waals surface area (Å²) >= 11 is 0. The van der Waals surface area contributed by atoms with Crippen molar-refractivity contribution in [2.75, 3.05) is 11.9 Å². The van der Waals surface area contributed by atoms with Crippen molar-refractivity contribution in [3.8, 4) is 11.5 Å². The first-order valence-electron chi connectivity index (χ1n) is 11.6. The van der Waals surface area contributed by atoms with Crippen molar-refractivity contribution in [1.82, 2.24) is 5.32 Å². The summed E-state index contributed by atoms with van der Waals surface area (Å²) in [7, 11) is 0. The molecular weight excluding hydrogens is 400 g/mol. The number of unbranched alkanes of at least 4 members (excludes halogenated alkanes) is 7. The van der Waals surface area contributed by atoms with Gasteiger partial charge in [0.25, 0.3) is 0 Å². The zero-order valence-corrected chi connectivity index (χ0v) is 19.2. The summed E-state index contributed by atoms with van der Waals surface area (Å²) in [5, 5.41) is 5.81. The highest BCUT2D eigenvalue weighted by Gasteiger charge is 2.04. The van der Waals surface area contributed by atoms with Crippen LogP contribution in [-0.2, 0) is 9.59 Å². The van der Waals surface area contributed by atoms with Crippen molar-refractivity contribution in [3.05, 3.63) is 66.7 Å². The minimum absolute atomic E-state index is 0.0527. The highest BCUT2D eigenvalue weighted by atomic mass is 16.5. The Balaban J connectivity index is 1.47. The second-order valence-corrected chi connectivity index (χ2v) is 8.10. The molecule has 0 atom stereocenters. The maximum Gasteiger partial charge on any atom is 0.246 e. The second kappa shape index (κ2) is 14.8. The lowest BCUT2D eigenvalue weighted by molar-refractivity contribution is -0.117. The number of benzene rings is 2. The SMILES string of the molecule is C=C(C)C(=O)NCCCCCCCCCCC(=O)Nc1ccc(Oc2ccccc2)cc1. The van der Waals surface area contributed by atoms with Crippen LogP contribution in [0, 0.1) is 0 Å². The highest BCUT2D eigenvalue weighted by molar-refractivity contribution is 5.92. The zero-order chi connectivity index (χ0) is 23.0. The largest absolute Gasteiger partial charge is 0.457 e. The number of hydrogen-bond acceptors (Lipinski definition) is 3. The molecule has 32 heavy (non-hydrogen) atoms. The normalized spacial score (nSPS) is 10.4. The predicted octanol–water partition coefficient (Wildman–Crippen LogP) is 6.62. The van der Waals surface area contributed by atoms with Crippen molar-refractivity contribution in [2.24, 2.45) is 0 Å². The molecule has 2 amide bonds. The van der Waals surface area contributed by atoms with Gasteiger partial charge in [-0.25, -0.2) is 0 Å². The van der Waals surface area contributed by atoms with E-state index in [0.717, 1.165) is 55.8 Å². The molecule has 172 valence electrons. The van der Waals surface area contributed by atoms with Crippen molar-refractivity contribution in [1.29, 1.82) is 0 Å². The Kier molecular flexibility index (Phi) is 11.7. The molecule has 0 saturated carbocycles. The van der Waals surface area contributed by atoms with Gasteiger partial charge in [0.1, 0.15) is 11.5 Å². The van der Waals surface area contributed by atoms with Crippen LogP contribution in [0.4, 0.5) is 5.69 Å². The molecular formula is C27H36N2O3. The molecule has 5 heteroatoms. The van der Waals surface area contributed by atoms with E-state index in [1.54, 1.807) is 6.92 Å². The molecule has 0 saturated heterocycles. The molecule has 2 aromatic carbocycles. The van der Waals surface area contributed by atoms with E-state index in [1.807, 2.05) is 54.6 Å². The standard InChI is InChI=1S/C27H36N2O3/c1-22(2)27(31)28-21-13-8-6-4-3-5-7-12-16-26(30)29-23-17-19-25(20-18-23)32-24-14-10-9-11-15-24/h9-11,14-15,17-20H,1,3-8,12-13,16,21H2,2H3,(H,28,31)(H,29,30). The minimum atomic E-state index is -0.0527. The Morgan fingerprint density at radius 2 is 1.34 bits per heavy atom. The van der Waals surface area contributed by atoms with Gasteiger partial charge < -0.3 is 15.4 Å². The van der Waals surface area contributed by atoms with Crippen LogP contribution in [0.2, 0.25) is 0 Å². The quantitative estimate of drug-likeness (QED) is 0.243. The van der Waals surface area contributed by atoms with Crippen LogP contribution in [0.3, 0.4) is 0 Å². The number of para-hydroxylation sites is 1. The zero-order valence-electron chi connectivity index (χ0n) is 19.2. The summed E-state index contributed by atoms with van der Waals surface area (Å²) in [6, 6.07) is 17.1. The summed E-state index contributed by atoms with van der Waals surface area (Å²) in [5.74, 6) is 1.53. The van der Waals surface area contributed by atoms with Gasteiger partial charge in [0.15, 0.2) is 0 Å². The van der Waals surface area contributed by atoms with Crippen LogP contribution in [-0.4, -0.2) is 18.4 Å². The number of carbonyl (C=O) groups excluding carboxylic acids is 2. The third-order valence-corrected chi connectivity index (χ3v) is 5.12. The maximum atomic E-state index is 12.1. The molecule has 2 N–H and O–H groups in total. The van der Waals surface area contributed by atoms with Gasteiger partial charge in [-0.1, -0.05) is 63.3 Å². The molecule has 2 aromatic rings. The number of nitrogens with one attached hydrogen (secondary N) is 2. The Hall–Kier alpha value is -3.08. The van der Waals surface area contributed by atoms with Crippen LogP contribution in [0.25, 0.3) is 0 Å². The monoisotopic (exact) mass is 436 g/mol. The van der Waals surface area contributed by atoms with Crippen LogP contribution in [0.15, 0.2) is 66.7 Å². The topological polar surface area (TPSA) is 67.4 Å².